The van der Waals surface area contributed by atoms with Crippen LogP contribution in [0.3, 0.4) is 0 Å². The van der Waals surface area contributed by atoms with Crippen LogP contribution in [-0.2, 0) is 0 Å². The van der Waals surface area contributed by atoms with Gasteiger partial charge in [0.2, 0.25) is 0 Å². The van der Waals surface area contributed by atoms with Crippen molar-refractivity contribution in [3.63, 3.8) is 0 Å². The van der Waals surface area contributed by atoms with Crippen LogP contribution in [0.1, 0.15) is 34.6 Å². The summed E-state index contributed by atoms with van der Waals surface area (Å²) >= 11 is 0. The number of rotatable bonds is 5. The molecule has 2 heterocycles. The number of methoxy groups -OCH3 is 1. The average Bonchev–Trinajstić information content (AvgIpc) is 3.16. The van der Waals surface area contributed by atoms with Gasteiger partial charge in [-0.3, -0.25) is 9.78 Å². The molecule has 2 aromatic heterocycles. The van der Waals surface area contributed by atoms with Crippen LogP contribution in [-0.4, -0.2) is 27.8 Å². The van der Waals surface area contributed by atoms with Gasteiger partial charge >= 0.3 is 0 Å². The highest BCUT2D eigenvalue weighted by atomic mass is 16.5. The van der Waals surface area contributed by atoms with E-state index in [1.807, 2.05) is 50.4 Å². The highest BCUT2D eigenvalue weighted by Crippen LogP contribution is 2.23. The van der Waals surface area contributed by atoms with Crippen LogP contribution in [0.2, 0.25) is 0 Å². The molecule has 6 nitrogen and oxygen atoms in total. The SMILES string of the molecule is COc1cnc(C)cc1C(=O)NC(C)c1ccccc1-n1cccn1. The number of benzene rings is 1. The molecule has 25 heavy (non-hydrogen) atoms. The first-order valence-electron chi connectivity index (χ1n) is 8.00. The molecule has 0 radical (unpaired) electrons. The number of nitrogens with one attached hydrogen (secondary N) is 1. The lowest BCUT2D eigenvalue weighted by Crippen LogP contribution is -2.28. The van der Waals surface area contributed by atoms with Gasteiger partial charge in [-0.25, -0.2) is 4.68 Å². The quantitative estimate of drug-likeness (QED) is 0.777. The Labute approximate surface area is 146 Å². The van der Waals surface area contributed by atoms with Gasteiger partial charge in [-0.2, -0.15) is 5.10 Å². The Morgan fingerprint density at radius 1 is 1.28 bits per heavy atom. The number of nitrogens with zero attached hydrogens (tertiary/aromatic N) is 3. The third-order valence-corrected chi connectivity index (χ3v) is 3.97. The zero-order valence-electron chi connectivity index (χ0n) is 14.4. The lowest BCUT2D eigenvalue weighted by Gasteiger charge is -2.19. The lowest BCUT2D eigenvalue weighted by atomic mass is 10.1. The van der Waals surface area contributed by atoms with E-state index < -0.39 is 0 Å². The van der Waals surface area contributed by atoms with Gasteiger partial charge in [0.1, 0.15) is 5.75 Å². The molecular weight excluding hydrogens is 316 g/mol. The molecule has 3 rings (SSSR count). The fourth-order valence-corrected chi connectivity index (χ4v) is 2.71. The number of hydrogen-bond donors (Lipinski definition) is 1. The minimum atomic E-state index is -0.204. The maximum atomic E-state index is 12.7. The number of carbonyl (C=O) groups excluding carboxylic acids is 1. The highest BCUT2D eigenvalue weighted by molar-refractivity contribution is 5.97. The van der Waals surface area contributed by atoms with Crippen molar-refractivity contribution < 1.29 is 9.53 Å². The van der Waals surface area contributed by atoms with Crippen LogP contribution >= 0.6 is 0 Å². The van der Waals surface area contributed by atoms with Crippen LogP contribution < -0.4 is 10.1 Å². The molecule has 0 aliphatic carbocycles. The Hall–Kier alpha value is -3.15. The Morgan fingerprint density at radius 3 is 2.80 bits per heavy atom. The molecule has 3 aromatic rings. The van der Waals surface area contributed by atoms with E-state index in [1.165, 1.54) is 7.11 Å². The summed E-state index contributed by atoms with van der Waals surface area (Å²) in [5.74, 6) is 0.251. The van der Waals surface area contributed by atoms with E-state index in [2.05, 4.69) is 15.4 Å². The molecule has 1 aromatic carbocycles. The van der Waals surface area contributed by atoms with E-state index in [-0.39, 0.29) is 11.9 Å². The van der Waals surface area contributed by atoms with Crippen LogP contribution in [0.25, 0.3) is 5.69 Å². The molecule has 1 atom stereocenters. The van der Waals surface area contributed by atoms with E-state index in [1.54, 1.807) is 23.1 Å². The number of aryl methyl sites for hydroxylation is 1. The maximum Gasteiger partial charge on any atom is 0.255 e. The van der Waals surface area contributed by atoms with Gasteiger partial charge in [0.05, 0.1) is 30.6 Å². The summed E-state index contributed by atoms with van der Waals surface area (Å²) in [5, 5.41) is 7.31. The Bertz CT molecular complexity index is 875. The average molecular weight is 336 g/mol. The van der Waals surface area contributed by atoms with Gasteiger partial charge in [0, 0.05) is 18.1 Å². The lowest BCUT2D eigenvalue weighted by molar-refractivity contribution is 0.0936. The largest absolute Gasteiger partial charge is 0.494 e. The van der Waals surface area contributed by atoms with E-state index in [0.717, 1.165) is 16.9 Å². The van der Waals surface area contributed by atoms with Gasteiger partial charge < -0.3 is 10.1 Å². The molecule has 0 fully saturated rings. The smallest absolute Gasteiger partial charge is 0.255 e. The van der Waals surface area contributed by atoms with Gasteiger partial charge in [-0.05, 0) is 37.6 Å². The van der Waals surface area contributed by atoms with Crippen LogP contribution in [0.4, 0.5) is 0 Å². The molecule has 128 valence electrons. The van der Waals surface area contributed by atoms with Gasteiger partial charge in [-0.1, -0.05) is 18.2 Å². The summed E-state index contributed by atoms with van der Waals surface area (Å²) in [6, 6.07) is 11.2. The molecule has 0 aliphatic heterocycles. The zero-order chi connectivity index (χ0) is 17.8. The molecule has 0 spiro atoms. The van der Waals surface area contributed by atoms with E-state index in [4.69, 9.17) is 4.74 Å². The first-order valence-corrected chi connectivity index (χ1v) is 8.00. The van der Waals surface area contributed by atoms with Crippen LogP contribution in [0.15, 0.2) is 55.0 Å². The molecule has 0 aliphatic rings. The summed E-state index contributed by atoms with van der Waals surface area (Å²) < 4.78 is 7.04. The first kappa shape index (κ1) is 16.7. The first-order chi connectivity index (χ1) is 12.1. The van der Waals surface area contributed by atoms with Crippen molar-refractivity contribution in [1.29, 1.82) is 0 Å². The summed E-state index contributed by atoms with van der Waals surface area (Å²) in [6.45, 7) is 3.79. The van der Waals surface area contributed by atoms with Gasteiger partial charge in [0.25, 0.3) is 5.91 Å². The minimum absolute atomic E-state index is 0.203. The van der Waals surface area contributed by atoms with Gasteiger partial charge in [-0.15, -0.1) is 0 Å². The van der Waals surface area contributed by atoms with E-state index in [9.17, 15) is 4.79 Å². The Morgan fingerprint density at radius 2 is 2.08 bits per heavy atom. The number of ether oxygens (including phenoxy) is 1. The van der Waals surface area contributed by atoms with Crippen molar-refractivity contribution in [3.05, 3.63) is 71.8 Å². The topological polar surface area (TPSA) is 69.0 Å². The van der Waals surface area contributed by atoms with Gasteiger partial charge in [0.15, 0.2) is 0 Å². The summed E-state index contributed by atoms with van der Waals surface area (Å²) in [7, 11) is 1.53. The number of hydrogen-bond acceptors (Lipinski definition) is 4. The number of amides is 1. The number of para-hydroxylation sites is 1. The molecule has 0 bridgehead atoms. The second kappa shape index (κ2) is 7.17. The minimum Gasteiger partial charge on any atom is -0.494 e. The number of aromatic nitrogens is 3. The maximum absolute atomic E-state index is 12.7. The number of carbonyl (C=O) groups is 1. The molecule has 1 amide bonds. The number of pyridine rings is 1. The fourth-order valence-electron chi connectivity index (χ4n) is 2.71. The third kappa shape index (κ3) is 3.52. The van der Waals surface area contributed by atoms with E-state index in [0.29, 0.717) is 11.3 Å². The van der Waals surface area contributed by atoms with E-state index >= 15 is 0 Å². The summed E-state index contributed by atoms with van der Waals surface area (Å²) in [6.07, 6.45) is 5.17. The van der Waals surface area contributed by atoms with Crippen molar-refractivity contribution in [1.82, 2.24) is 20.1 Å². The summed E-state index contributed by atoms with van der Waals surface area (Å²) in [4.78, 5) is 16.9. The molecular formula is C19H20N4O2. The predicted octanol–water partition coefficient (Wildman–Crippen LogP) is 3.08. The summed E-state index contributed by atoms with van der Waals surface area (Å²) in [5.41, 5.74) is 3.14. The second-order valence-electron chi connectivity index (χ2n) is 5.73. The monoisotopic (exact) mass is 336 g/mol. The van der Waals surface area contributed by atoms with Crippen molar-refractivity contribution in [2.24, 2.45) is 0 Å². The molecule has 1 N–H and O–H groups in total. The highest BCUT2D eigenvalue weighted by Gasteiger charge is 2.18. The van der Waals surface area contributed by atoms with Crippen LogP contribution in [0, 0.1) is 6.92 Å². The third-order valence-electron chi connectivity index (χ3n) is 3.97. The van der Waals surface area contributed by atoms with Crippen molar-refractivity contribution in [2.75, 3.05) is 7.11 Å². The normalized spacial score (nSPS) is 11.8. The molecule has 0 saturated heterocycles. The fraction of sp³-hybridized carbons (Fsp3) is 0.211. The van der Waals surface area contributed by atoms with Crippen molar-refractivity contribution >= 4 is 5.91 Å². The molecule has 0 saturated carbocycles. The zero-order valence-corrected chi connectivity index (χ0v) is 14.4. The second-order valence-corrected chi connectivity index (χ2v) is 5.73. The Kier molecular flexibility index (Phi) is 4.79. The standard InChI is InChI=1S/C19H20N4O2/c1-13-11-16(18(25-3)12-20-13)19(24)22-14(2)15-7-4-5-8-17(15)23-10-6-9-21-23/h4-12,14H,1-3H3,(H,22,24). The van der Waals surface area contributed by atoms with Crippen LogP contribution in [0.5, 0.6) is 5.75 Å². The van der Waals surface area contributed by atoms with Crippen molar-refractivity contribution in [3.8, 4) is 11.4 Å². The molecule has 6 heteroatoms. The molecule has 1 unspecified atom stereocenters. The predicted molar refractivity (Wildman–Crippen MR) is 95.0 cm³/mol. The Balaban J connectivity index is 1.87. The van der Waals surface area contributed by atoms with Crippen molar-refractivity contribution in [2.45, 2.75) is 19.9 Å².